The number of piperidine rings is 1. The van der Waals surface area contributed by atoms with Crippen LogP contribution in [0.25, 0.3) is 10.9 Å². The van der Waals surface area contributed by atoms with Gasteiger partial charge in [-0.3, -0.25) is 14.2 Å². The van der Waals surface area contributed by atoms with E-state index < -0.39 is 0 Å². The van der Waals surface area contributed by atoms with Crippen LogP contribution in [0.5, 0.6) is 0 Å². The first kappa shape index (κ1) is 15.7. The molecule has 23 heavy (non-hydrogen) atoms. The van der Waals surface area contributed by atoms with Gasteiger partial charge in [0, 0.05) is 13.1 Å². The lowest BCUT2D eigenvalue weighted by atomic mass is 9.98. The Labute approximate surface area is 135 Å². The second kappa shape index (κ2) is 6.91. The van der Waals surface area contributed by atoms with E-state index >= 15 is 0 Å². The van der Waals surface area contributed by atoms with E-state index in [9.17, 15) is 9.59 Å². The normalized spacial score (nSPS) is 18.3. The average Bonchev–Trinajstić information content (AvgIpc) is 2.58. The predicted octanol–water partition coefficient (Wildman–Crippen LogP) is 0.854. The van der Waals surface area contributed by atoms with E-state index in [1.54, 1.807) is 12.1 Å². The molecule has 0 radical (unpaired) electrons. The van der Waals surface area contributed by atoms with Gasteiger partial charge in [0.25, 0.3) is 5.56 Å². The zero-order valence-corrected chi connectivity index (χ0v) is 13.4. The Morgan fingerprint density at radius 3 is 3.04 bits per heavy atom. The third-order valence-corrected chi connectivity index (χ3v) is 4.40. The zero-order chi connectivity index (χ0) is 16.2. The molecule has 3 rings (SSSR count). The minimum Gasteiger partial charge on any atom is -0.341 e. The molecule has 1 aromatic carbocycles. The molecule has 2 heterocycles. The van der Waals surface area contributed by atoms with Crippen molar-refractivity contribution >= 4 is 16.8 Å². The fraction of sp³-hybridized carbons (Fsp3) is 0.471. The van der Waals surface area contributed by atoms with Crippen molar-refractivity contribution in [2.75, 3.05) is 26.7 Å². The number of rotatable bonds is 4. The molecular formula is C17H22N4O2. The lowest BCUT2D eigenvalue weighted by Crippen LogP contribution is -2.44. The minimum absolute atomic E-state index is 0.00927. The molecule has 2 aromatic rings. The average molecular weight is 314 g/mol. The first-order chi connectivity index (χ1) is 11.2. The number of amides is 1. The summed E-state index contributed by atoms with van der Waals surface area (Å²) in [6.07, 6.45) is 3.63. The summed E-state index contributed by atoms with van der Waals surface area (Å²) in [5.74, 6) is 0.481. The summed E-state index contributed by atoms with van der Waals surface area (Å²) in [4.78, 5) is 31.1. The Kier molecular flexibility index (Phi) is 4.71. The van der Waals surface area contributed by atoms with Crippen LogP contribution < -0.4 is 10.9 Å². The summed E-state index contributed by atoms with van der Waals surface area (Å²) < 4.78 is 1.41. The van der Waals surface area contributed by atoms with Crippen LogP contribution in [-0.2, 0) is 11.3 Å². The molecule has 1 atom stereocenters. The summed E-state index contributed by atoms with van der Waals surface area (Å²) in [5, 5.41) is 3.72. The maximum Gasteiger partial charge on any atom is 0.261 e. The second-order valence-electron chi connectivity index (χ2n) is 6.10. The monoisotopic (exact) mass is 314 g/mol. The number of likely N-dealkylation sites (tertiary alicyclic amines) is 1. The number of hydrogen-bond donors (Lipinski definition) is 1. The molecule has 1 saturated heterocycles. The Balaban J connectivity index is 1.75. The van der Waals surface area contributed by atoms with E-state index in [2.05, 4.69) is 10.3 Å². The van der Waals surface area contributed by atoms with Gasteiger partial charge in [0.05, 0.1) is 17.2 Å². The molecule has 1 amide bonds. The lowest BCUT2D eigenvalue weighted by molar-refractivity contribution is -0.133. The Hall–Kier alpha value is -2.21. The fourth-order valence-electron chi connectivity index (χ4n) is 3.21. The summed E-state index contributed by atoms with van der Waals surface area (Å²) in [5.41, 5.74) is 0.501. The molecule has 0 saturated carbocycles. The fourth-order valence-corrected chi connectivity index (χ4v) is 3.21. The number of nitrogens with one attached hydrogen (secondary N) is 1. The number of aromatic nitrogens is 2. The molecule has 1 aromatic heterocycles. The summed E-state index contributed by atoms with van der Waals surface area (Å²) in [7, 11) is 1.93. The Morgan fingerprint density at radius 1 is 1.39 bits per heavy atom. The highest BCUT2D eigenvalue weighted by atomic mass is 16.2. The van der Waals surface area contributed by atoms with E-state index in [0.717, 1.165) is 32.5 Å². The van der Waals surface area contributed by atoms with E-state index in [-0.39, 0.29) is 18.0 Å². The molecule has 6 heteroatoms. The molecule has 1 unspecified atom stereocenters. The smallest absolute Gasteiger partial charge is 0.261 e. The van der Waals surface area contributed by atoms with Crippen molar-refractivity contribution in [3.8, 4) is 0 Å². The molecule has 0 spiro atoms. The van der Waals surface area contributed by atoms with Gasteiger partial charge in [0.15, 0.2) is 0 Å². The van der Waals surface area contributed by atoms with Gasteiger partial charge in [0.2, 0.25) is 5.91 Å². The number of nitrogens with zero attached hydrogens (tertiary/aromatic N) is 3. The van der Waals surface area contributed by atoms with Gasteiger partial charge in [-0.15, -0.1) is 0 Å². The molecule has 1 fully saturated rings. The molecular weight excluding hydrogens is 292 g/mol. The largest absolute Gasteiger partial charge is 0.341 e. The van der Waals surface area contributed by atoms with Crippen LogP contribution in [0, 0.1) is 5.92 Å². The van der Waals surface area contributed by atoms with Crippen molar-refractivity contribution in [2.45, 2.75) is 19.4 Å². The van der Waals surface area contributed by atoms with Crippen molar-refractivity contribution < 1.29 is 4.79 Å². The van der Waals surface area contributed by atoms with Gasteiger partial charge >= 0.3 is 0 Å². The number of benzene rings is 1. The van der Waals surface area contributed by atoms with Gasteiger partial charge in [0.1, 0.15) is 6.54 Å². The number of carbonyl (C=O) groups excluding carboxylic acids is 1. The maximum absolute atomic E-state index is 12.5. The van der Waals surface area contributed by atoms with Gasteiger partial charge in [-0.2, -0.15) is 0 Å². The van der Waals surface area contributed by atoms with Gasteiger partial charge < -0.3 is 10.2 Å². The predicted molar refractivity (Wildman–Crippen MR) is 89.2 cm³/mol. The molecule has 1 N–H and O–H groups in total. The maximum atomic E-state index is 12.5. The van der Waals surface area contributed by atoms with E-state index in [1.807, 2.05) is 24.1 Å². The summed E-state index contributed by atoms with van der Waals surface area (Å²) >= 11 is 0. The SMILES string of the molecule is CNCC1CCCN(C(=O)Cn2cnc3ccccc3c2=O)C1. The summed E-state index contributed by atoms with van der Waals surface area (Å²) in [6.45, 7) is 2.51. The second-order valence-corrected chi connectivity index (χ2v) is 6.10. The quantitative estimate of drug-likeness (QED) is 0.909. The zero-order valence-electron chi connectivity index (χ0n) is 13.4. The van der Waals surface area contributed by atoms with Crippen molar-refractivity contribution in [2.24, 2.45) is 5.92 Å². The Bertz CT molecular complexity index is 754. The number of fused-ring (bicyclic) bond motifs is 1. The van der Waals surface area contributed by atoms with Crippen LogP contribution in [0.15, 0.2) is 35.4 Å². The van der Waals surface area contributed by atoms with E-state index in [0.29, 0.717) is 16.8 Å². The molecule has 122 valence electrons. The van der Waals surface area contributed by atoms with Crippen LogP contribution >= 0.6 is 0 Å². The van der Waals surface area contributed by atoms with Crippen LogP contribution in [0.4, 0.5) is 0 Å². The van der Waals surface area contributed by atoms with Crippen LogP contribution in [0.1, 0.15) is 12.8 Å². The molecule has 1 aliphatic rings. The minimum atomic E-state index is -0.160. The highest BCUT2D eigenvalue weighted by Crippen LogP contribution is 2.16. The molecule has 1 aliphatic heterocycles. The topological polar surface area (TPSA) is 67.2 Å². The first-order valence-corrected chi connectivity index (χ1v) is 8.05. The van der Waals surface area contributed by atoms with Crippen LogP contribution in [0.2, 0.25) is 0 Å². The van der Waals surface area contributed by atoms with Gasteiger partial charge in [-0.05, 0) is 44.5 Å². The third-order valence-electron chi connectivity index (χ3n) is 4.40. The van der Waals surface area contributed by atoms with Crippen molar-refractivity contribution in [3.05, 3.63) is 40.9 Å². The van der Waals surface area contributed by atoms with Crippen molar-refractivity contribution in [1.29, 1.82) is 0 Å². The number of para-hydroxylation sites is 1. The lowest BCUT2D eigenvalue weighted by Gasteiger charge is -2.32. The molecule has 6 nitrogen and oxygen atoms in total. The number of carbonyl (C=O) groups is 1. The summed E-state index contributed by atoms with van der Waals surface area (Å²) in [6, 6.07) is 7.20. The van der Waals surface area contributed by atoms with Crippen LogP contribution in [-0.4, -0.2) is 47.0 Å². The van der Waals surface area contributed by atoms with E-state index in [1.165, 1.54) is 10.9 Å². The molecule has 0 aliphatic carbocycles. The van der Waals surface area contributed by atoms with Gasteiger partial charge in [-0.1, -0.05) is 12.1 Å². The third kappa shape index (κ3) is 3.42. The molecule has 0 bridgehead atoms. The standard InChI is InChI=1S/C17H22N4O2/c1-18-9-13-5-4-8-20(10-13)16(22)11-21-12-19-15-7-3-2-6-14(15)17(21)23/h2-3,6-7,12-13,18H,4-5,8-11H2,1H3. The van der Waals surface area contributed by atoms with Crippen molar-refractivity contribution in [3.63, 3.8) is 0 Å². The van der Waals surface area contributed by atoms with E-state index in [4.69, 9.17) is 0 Å². The highest BCUT2D eigenvalue weighted by molar-refractivity contribution is 5.79. The van der Waals surface area contributed by atoms with Crippen LogP contribution in [0.3, 0.4) is 0 Å². The first-order valence-electron chi connectivity index (χ1n) is 8.05. The van der Waals surface area contributed by atoms with Gasteiger partial charge in [-0.25, -0.2) is 4.98 Å². The highest BCUT2D eigenvalue weighted by Gasteiger charge is 2.23. The van der Waals surface area contributed by atoms with Crippen molar-refractivity contribution in [1.82, 2.24) is 19.8 Å². The number of hydrogen-bond acceptors (Lipinski definition) is 4. The Morgan fingerprint density at radius 2 is 2.22 bits per heavy atom.